The number of esters is 1. The van der Waals surface area contributed by atoms with E-state index in [0.29, 0.717) is 10.2 Å². The van der Waals surface area contributed by atoms with Gasteiger partial charge in [0, 0.05) is 5.69 Å². The number of anilines is 1. The lowest BCUT2D eigenvalue weighted by molar-refractivity contribution is -0.139. The SMILES string of the molecule is Cc1ccc(NC(=O)NC2OC(=O)C(Br)=C2Br)cc1. The van der Waals surface area contributed by atoms with Crippen LogP contribution in [0, 0.1) is 6.92 Å². The second kappa shape index (κ2) is 5.75. The molecule has 1 aromatic rings. The zero-order valence-electron chi connectivity index (χ0n) is 9.87. The Morgan fingerprint density at radius 2 is 1.89 bits per heavy atom. The van der Waals surface area contributed by atoms with E-state index in [4.69, 9.17) is 4.74 Å². The van der Waals surface area contributed by atoms with Crippen molar-refractivity contribution in [3.05, 3.63) is 38.8 Å². The van der Waals surface area contributed by atoms with Crippen molar-refractivity contribution in [1.29, 1.82) is 0 Å². The quantitative estimate of drug-likeness (QED) is 0.764. The zero-order valence-corrected chi connectivity index (χ0v) is 13.0. The van der Waals surface area contributed by atoms with Crippen molar-refractivity contribution in [2.24, 2.45) is 0 Å². The summed E-state index contributed by atoms with van der Waals surface area (Å²) in [4.78, 5) is 23.0. The molecule has 2 N–H and O–H groups in total. The number of rotatable bonds is 2. The molecule has 2 amide bonds. The Kier molecular flexibility index (Phi) is 4.26. The number of urea groups is 1. The molecule has 7 heteroatoms. The van der Waals surface area contributed by atoms with Crippen LogP contribution in [0.4, 0.5) is 10.5 Å². The van der Waals surface area contributed by atoms with Crippen LogP contribution in [0.2, 0.25) is 0 Å². The molecule has 0 fully saturated rings. The first kappa shape index (κ1) is 14.1. The Morgan fingerprint density at radius 3 is 2.42 bits per heavy atom. The van der Waals surface area contributed by atoms with Crippen LogP contribution in [-0.4, -0.2) is 18.2 Å². The molecule has 0 bridgehead atoms. The van der Waals surface area contributed by atoms with Crippen LogP contribution in [0.1, 0.15) is 5.56 Å². The summed E-state index contributed by atoms with van der Waals surface area (Å²) in [5, 5.41) is 5.17. The number of ether oxygens (including phenoxy) is 1. The minimum absolute atomic E-state index is 0.271. The lowest BCUT2D eigenvalue weighted by atomic mass is 10.2. The van der Waals surface area contributed by atoms with Crippen LogP contribution in [-0.2, 0) is 9.53 Å². The fourth-order valence-electron chi connectivity index (χ4n) is 1.44. The molecule has 1 aromatic carbocycles. The average molecular weight is 390 g/mol. The van der Waals surface area contributed by atoms with Gasteiger partial charge in [-0.15, -0.1) is 0 Å². The first-order chi connectivity index (χ1) is 8.97. The molecule has 0 radical (unpaired) electrons. The molecule has 0 aliphatic carbocycles. The molecule has 5 nitrogen and oxygen atoms in total. The lowest BCUT2D eigenvalue weighted by Gasteiger charge is -2.13. The summed E-state index contributed by atoms with van der Waals surface area (Å²) < 4.78 is 5.66. The van der Waals surface area contributed by atoms with E-state index in [2.05, 4.69) is 42.5 Å². The van der Waals surface area contributed by atoms with Crippen LogP contribution in [0.3, 0.4) is 0 Å². The molecule has 19 heavy (non-hydrogen) atoms. The van der Waals surface area contributed by atoms with Gasteiger partial charge >= 0.3 is 12.0 Å². The molecule has 0 saturated carbocycles. The zero-order chi connectivity index (χ0) is 14.0. The molecule has 2 rings (SSSR count). The Morgan fingerprint density at radius 1 is 1.26 bits per heavy atom. The number of hydrogen-bond acceptors (Lipinski definition) is 3. The van der Waals surface area contributed by atoms with Crippen molar-refractivity contribution in [3.8, 4) is 0 Å². The number of cyclic esters (lactones) is 1. The monoisotopic (exact) mass is 388 g/mol. The third-order valence-electron chi connectivity index (χ3n) is 2.42. The highest BCUT2D eigenvalue weighted by molar-refractivity contribution is 9.14. The number of amides is 2. The van der Waals surface area contributed by atoms with Crippen molar-refractivity contribution >= 4 is 49.5 Å². The molecule has 1 heterocycles. The fourth-order valence-corrected chi connectivity index (χ4v) is 2.11. The summed E-state index contributed by atoms with van der Waals surface area (Å²) in [5.41, 5.74) is 1.76. The summed E-state index contributed by atoms with van der Waals surface area (Å²) in [6.07, 6.45) is -0.813. The predicted octanol–water partition coefficient (Wildman–Crippen LogP) is 3.00. The first-order valence-corrected chi connectivity index (χ1v) is 6.96. The summed E-state index contributed by atoms with van der Waals surface area (Å²) >= 11 is 6.24. The number of hydrogen-bond donors (Lipinski definition) is 2. The Hall–Kier alpha value is -1.34. The van der Waals surface area contributed by atoms with Crippen LogP contribution in [0.15, 0.2) is 33.2 Å². The van der Waals surface area contributed by atoms with Crippen LogP contribution in [0.5, 0.6) is 0 Å². The molecule has 1 aliphatic heterocycles. The van der Waals surface area contributed by atoms with Crippen molar-refractivity contribution in [2.45, 2.75) is 13.2 Å². The average Bonchev–Trinajstić information content (AvgIpc) is 2.60. The minimum atomic E-state index is -0.813. The van der Waals surface area contributed by atoms with Crippen molar-refractivity contribution in [1.82, 2.24) is 5.32 Å². The van der Waals surface area contributed by atoms with Crippen LogP contribution in [0.25, 0.3) is 0 Å². The third-order valence-corrected chi connectivity index (χ3v) is 4.51. The third kappa shape index (κ3) is 3.36. The highest BCUT2D eigenvalue weighted by Crippen LogP contribution is 2.30. The van der Waals surface area contributed by atoms with E-state index < -0.39 is 18.2 Å². The number of nitrogens with one attached hydrogen (secondary N) is 2. The number of carbonyl (C=O) groups excluding carboxylic acids is 2. The highest BCUT2D eigenvalue weighted by Gasteiger charge is 2.32. The van der Waals surface area contributed by atoms with Gasteiger partial charge in [0.1, 0.15) is 4.48 Å². The van der Waals surface area contributed by atoms with Gasteiger partial charge in [-0.05, 0) is 50.9 Å². The molecule has 0 saturated heterocycles. The molecule has 100 valence electrons. The maximum atomic E-state index is 11.7. The standard InChI is InChI=1S/C12H10Br2N2O3/c1-6-2-4-7(5-3-6)15-12(18)16-10-8(13)9(14)11(17)19-10/h2-5,10H,1H3,(H2,15,16,18). The van der Waals surface area contributed by atoms with E-state index in [0.717, 1.165) is 5.56 Å². The number of halogens is 2. The molecule has 1 atom stereocenters. The normalized spacial score (nSPS) is 18.3. The van der Waals surface area contributed by atoms with E-state index >= 15 is 0 Å². The van der Waals surface area contributed by atoms with Gasteiger partial charge in [0.15, 0.2) is 0 Å². The Balaban J connectivity index is 1.96. The molecular formula is C12H10Br2N2O3. The highest BCUT2D eigenvalue weighted by atomic mass is 79.9. The largest absolute Gasteiger partial charge is 0.433 e. The molecule has 0 aromatic heterocycles. The van der Waals surface area contributed by atoms with Gasteiger partial charge < -0.3 is 10.1 Å². The summed E-state index contributed by atoms with van der Waals surface area (Å²) in [6.45, 7) is 1.96. The van der Waals surface area contributed by atoms with Gasteiger partial charge in [-0.3, -0.25) is 5.32 Å². The fraction of sp³-hybridized carbons (Fsp3) is 0.167. The summed E-state index contributed by atoms with van der Waals surface area (Å²) in [7, 11) is 0. The Bertz CT molecular complexity index is 555. The maximum absolute atomic E-state index is 11.7. The molecule has 0 spiro atoms. The molecule has 1 unspecified atom stereocenters. The molecule has 1 aliphatic rings. The van der Waals surface area contributed by atoms with Gasteiger partial charge in [-0.2, -0.15) is 0 Å². The second-order valence-electron chi connectivity index (χ2n) is 3.91. The topological polar surface area (TPSA) is 67.4 Å². The van der Waals surface area contributed by atoms with E-state index in [-0.39, 0.29) is 4.48 Å². The summed E-state index contributed by atoms with van der Waals surface area (Å²) in [5.74, 6) is -0.521. The van der Waals surface area contributed by atoms with Gasteiger partial charge in [0.25, 0.3) is 0 Å². The summed E-state index contributed by atoms with van der Waals surface area (Å²) in [6, 6.07) is 6.89. The van der Waals surface area contributed by atoms with Gasteiger partial charge in [0.2, 0.25) is 6.23 Å². The second-order valence-corrected chi connectivity index (χ2v) is 5.56. The first-order valence-electron chi connectivity index (χ1n) is 5.37. The van der Waals surface area contributed by atoms with Crippen molar-refractivity contribution in [3.63, 3.8) is 0 Å². The lowest BCUT2D eigenvalue weighted by Crippen LogP contribution is -2.38. The van der Waals surface area contributed by atoms with E-state index in [1.807, 2.05) is 19.1 Å². The van der Waals surface area contributed by atoms with Crippen molar-refractivity contribution < 1.29 is 14.3 Å². The van der Waals surface area contributed by atoms with Gasteiger partial charge in [-0.1, -0.05) is 17.7 Å². The van der Waals surface area contributed by atoms with Crippen LogP contribution >= 0.6 is 31.9 Å². The predicted molar refractivity (Wildman–Crippen MR) is 78.1 cm³/mol. The number of carbonyl (C=O) groups is 2. The van der Waals surface area contributed by atoms with E-state index in [9.17, 15) is 9.59 Å². The van der Waals surface area contributed by atoms with Gasteiger partial charge in [0.05, 0.1) is 4.48 Å². The van der Waals surface area contributed by atoms with Gasteiger partial charge in [-0.25, -0.2) is 9.59 Å². The van der Waals surface area contributed by atoms with Crippen molar-refractivity contribution in [2.75, 3.05) is 5.32 Å². The van der Waals surface area contributed by atoms with E-state index in [1.54, 1.807) is 12.1 Å². The smallest absolute Gasteiger partial charge is 0.348 e. The number of aryl methyl sites for hydroxylation is 1. The Labute approximate surface area is 126 Å². The van der Waals surface area contributed by atoms with Crippen LogP contribution < -0.4 is 10.6 Å². The molecular weight excluding hydrogens is 380 g/mol. The minimum Gasteiger partial charge on any atom is -0.433 e. The van der Waals surface area contributed by atoms with E-state index in [1.165, 1.54) is 0 Å². The maximum Gasteiger partial charge on any atom is 0.348 e. The number of benzene rings is 1.